The van der Waals surface area contributed by atoms with Gasteiger partial charge in [-0.05, 0) is 26.0 Å². The average Bonchev–Trinajstić information content (AvgIpc) is 2.90. The predicted molar refractivity (Wildman–Crippen MR) is 90.9 cm³/mol. The first kappa shape index (κ1) is 17.2. The molecule has 8 heteroatoms. The Hall–Kier alpha value is -2.61. The molecule has 2 heterocycles. The summed E-state index contributed by atoms with van der Waals surface area (Å²) in [4.78, 5) is 29.4. The molecule has 3 rings (SSSR count). The number of hydrogen-bond donors (Lipinski definition) is 0. The van der Waals surface area contributed by atoms with E-state index in [4.69, 9.17) is 14.2 Å². The molecule has 25 heavy (non-hydrogen) atoms. The Labute approximate surface area is 148 Å². The maximum atomic E-state index is 12.5. The molecule has 1 atom stereocenters. The van der Waals surface area contributed by atoms with Crippen LogP contribution < -0.4 is 14.3 Å². The zero-order valence-electron chi connectivity index (χ0n) is 14.1. The number of aromatic nitrogens is 1. The Morgan fingerprint density at radius 3 is 2.80 bits per heavy atom. The number of thiazole rings is 1. The Kier molecular flexibility index (Phi) is 4.89. The van der Waals surface area contributed by atoms with Gasteiger partial charge in [-0.1, -0.05) is 23.5 Å². The topological polar surface area (TPSA) is 79.1 Å². The minimum atomic E-state index is -0.816. The van der Waals surface area contributed by atoms with Crippen LogP contribution in [0.2, 0.25) is 0 Å². The minimum Gasteiger partial charge on any atom is -0.485 e. The highest BCUT2D eigenvalue weighted by Gasteiger charge is 2.27. The number of carbonyl (C=O) groups is 2. The van der Waals surface area contributed by atoms with E-state index in [1.165, 1.54) is 0 Å². The Balaban J connectivity index is 1.85. The predicted octanol–water partition coefficient (Wildman–Crippen LogP) is 1.84. The van der Waals surface area contributed by atoms with Gasteiger partial charge in [0.05, 0.1) is 6.61 Å². The lowest BCUT2D eigenvalue weighted by molar-refractivity contribution is -0.127. The van der Waals surface area contributed by atoms with Gasteiger partial charge in [0.15, 0.2) is 16.3 Å². The first-order chi connectivity index (χ1) is 12.0. The Morgan fingerprint density at radius 2 is 2.08 bits per heavy atom. The van der Waals surface area contributed by atoms with E-state index in [0.29, 0.717) is 26.9 Å². The summed E-state index contributed by atoms with van der Waals surface area (Å²) in [6.45, 7) is 3.91. The molecular formula is C17H18N2O5S. The van der Waals surface area contributed by atoms with Gasteiger partial charge in [0.25, 0.3) is 5.91 Å². The number of ether oxygens (including phenoxy) is 3. The van der Waals surface area contributed by atoms with Crippen LogP contribution in [0.5, 0.6) is 11.5 Å². The van der Waals surface area contributed by atoms with Crippen LogP contribution in [0.3, 0.4) is 0 Å². The third kappa shape index (κ3) is 3.43. The molecule has 0 bridgehead atoms. The van der Waals surface area contributed by atoms with Crippen LogP contribution in [0, 0.1) is 6.92 Å². The van der Waals surface area contributed by atoms with Crippen molar-refractivity contribution in [3.05, 3.63) is 39.6 Å². The molecule has 1 aliphatic heterocycles. The van der Waals surface area contributed by atoms with E-state index in [1.54, 1.807) is 43.7 Å². The summed E-state index contributed by atoms with van der Waals surface area (Å²) in [6, 6.07) is 7.16. The van der Waals surface area contributed by atoms with Crippen molar-refractivity contribution in [2.24, 2.45) is 12.0 Å². The minimum absolute atomic E-state index is 0.0954. The SMILES string of the molecule is CCOC(=O)c1sc(=NC(=O)C2COc3ccccc3O2)n(C)c1C. The lowest BCUT2D eigenvalue weighted by Gasteiger charge is -2.23. The quantitative estimate of drug-likeness (QED) is 0.779. The van der Waals surface area contributed by atoms with Gasteiger partial charge in [-0.2, -0.15) is 4.99 Å². The zero-order valence-corrected chi connectivity index (χ0v) is 15.0. The van der Waals surface area contributed by atoms with Crippen LogP contribution >= 0.6 is 11.3 Å². The second-order valence-electron chi connectivity index (χ2n) is 5.39. The largest absolute Gasteiger partial charge is 0.485 e. The molecule has 132 valence electrons. The maximum Gasteiger partial charge on any atom is 0.350 e. The lowest BCUT2D eigenvalue weighted by Crippen LogP contribution is -2.36. The number of nitrogens with zero attached hydrogens (tertiary/aromatic N) is 2. The number of benzene rings is 1. The molecule has 0 saturated carbocycles. The van der Waals surface area contributed by atoms with Gasteiger partial charge >= 0.3 is 5.97 Å². The van der Waals surface area contributed by atoms with E-state index in [9.17, 15) is 9.59 Å². The van der Waals surface area contributed by atoms with Crippen molar-refractivity contribution in [2.45, 2.75) is 20.0 Å². The molecule has 0 spiro atoms. The summed E-state index contributed by atoms with van der Waals surface area (Å²) in [6.07, 6.45) is -0.816. The molecule has 1 unspecified atom stereocenters. The second kappa shape index (κ2) is 7.10. The molecule has 0 N–H and O–H groups in total. The summed E-state index contributed by atoms with van der Waals surface area (Å²) in [5, 5.41) is 0. The summed E-state index contributed by atoms with van der Waals surface area (Å²) in [5.41, 5.74) is 0.696. The zero-order chi connectivity index (χ0) is 18.0. The number of para-hydroxylation sites is 2. The molecule has 7 nitrogen and oxygen atoms in total. The van der Waals surface area contributed by atoms with E-state index >= 15 is 0 Å². The van der Waals surface area contributed by atoms with Gasteiger partial charge < -0.3 is 18.8 Å². The fourth-order valence-electron chi connectivity index (χ4n) is 2.32. The number of rotatable bonds is 3. The molecule has 1 amide bonds. The van der Waals surface area contributed by atoms with Crippen molar-refractivity contribution in [3.8, 4) is 11.5 Å². The smallest absolute Gasteiger partial charge is 0.350 e. The highest BCUT2D eigenvalue weighted by atomic mass is 32.1. The summed E-state index contributed by atoms with van der Waals surface area (Å²) >= 11 is 1.12. The van der Waals surface area contributed by atoms with Crippen molar-refractivity contribution in [1.82, 2.24) is 4.57 Å². The Morgan fingerprint density at radius 1 is 1.36 bits per heavy atom. The number of esters is 1. The molecule has 0 radical (unpaired) electrons. The molecule has 0 fully saturated rings. The van der Waals surface area contributed by atoms with E-state index in [2.05, 4.69) is 4.99 Å². The number of fused-ring (bicyclic) bond motifs is 1. The van der Waals surface area contributed by atoms with Crippen molar-refractivity contribution < 1.29 is 23.8 Å². The third-order valence-corrected chi connectivity index (χ3v) is 4.98. The molecule has 0 aliphatic carbocycles. The molecular weight excluding hydrogens is 344 g/mol. The fraction of sp³-hybridized carbons (Fsp3) is 0.353. The van der Waals surface area contributed by atoms with Crippen LogP contribution in [0.25, 0.3) is 0 Å². The third-order valence-electron chi connectivity index (χ3n) is 3.76. The van der Waals surface area contributed by atoms with Crippen LogP contribution in [-0.4, -0.2) is 35.8 Å². The number of carbonyl (C=O) groups excluding carboxylic acids is 2. The molecule has 1 aromatic carbocycles. The molecule has 1 aromatic heterocycles. The van der Waals surface area contributed by atoms with E-state index in [-0.39, 0.29) is 13.2 Å². The van der Waals surface area contributed by atoms with Gasteiger partial charge in [0, 0.05) is 12.7 Å². The highest BCUT2D eigenvalue weighted by Crippen LogP contribution is 2.31. The van der Waals surface area contributed by atoms with Gasteiger partial charge in [-0.3, -0.25) is 4.79 Å². The molecule has 2 aromatic rings. The first-order valence-electron chi connectivity index (χ1n) is 7.81. The standard InChI is InChI=1S/C17H18N2O5S/c1-4-22-16(21)14-10(2)19(3)17(25-14)18-15(20)13-9-23-11-7-5-6-8-12(11)24-13/h5-8,13H,4,9H2,1-3H3. The van der Waals surface area contributed by atoms with E-state index in [1.807, 2.05) is 6.07 Å². The van der Waals surface area contributed by atoms with Crippen molar-refractivity contribution in [3.63, 3.8) is 0 Å². The number of hydrogen-bond acceptors (Lipinski definition) is 6. The van der Waals surface area contributed by atoms with Crippen LogP contribution in [0.4, 0.5) is 0 Å². The monoisotopic (exact) mass is 362 g/mol. The molecule has 0 saturated heterocycles. The van der Waals surface area contributed by atoms with Crippen molar-refractivity contribution in [2.75, 3.05) is 13.2 Å². The van der Waals surface area contributed by atoms with Gasteiger partial charge in [0.1, 0.15) is 11.5 Å². The Bertz CT molecular complexity index is 883. The lowest BCUT2D eigenvalue weighted by atomic mass is 10.2. The summed E-state index contributed by atoms with van der Waals surface area (Å²) < 4.78 is 17.9. The normalized spacial score (nSPS) is 16.6. The summed E-state index contributed by atoms with van der Waals surface area (Å²) in [7, 11) is 1.74. The number of amides is 1. The van der Waals surface area contributed by atoms with E-state index in [0.717, 1.165) is 11.3 Å². The van der Waals surface area contributed by atoms with Crippen molar-refractivity contribution in [1.29, 1.82) is 0 Å². The fourth-order valence-corrected chi connectivity index (χ4v) is 3.34. The van der Waals surface area contributed by atoms with Crippen LogP contribution in [0.1, 0.15) is 22.3 Å². The summed E-state index contributed by atoms with van der Waals surface area (Å²) in [5.74, 6) is 0.248. The molecule has 1 aliphatic rings. The van der Waals surface area contributed by atoms with Crippen LogP contribution in [0.15, 0.2) is 29.3 Å². The maximum absolute atomic E-state index is 12.5. The van der Waals surface area contributed by atoms with Crippen molar-refractivity contribution >= 4 is 23.2 Å². The van der Waals surface area contributed by atoms with Gasteiger partial charge in [0.2, 0.25) is 6.10 Å². The highest BCUT2D eigenvalue weighted by molar-refractivity contribution is 7.11. The van der Waals surface area contributed by atoms with Gasteiger partial charge in [-0.15, -0.1) is 0 Å². The van der Waals surface area contributed by atoms with E-state index < -0.39 is 18.0 Å². The average molecular weight is 362 g/mol. The van der Waals surface area contributed by atoms with Gasteiger partial charge in [-0.25, -0.2) is 4.79 Å². The first-order valence-corrected chi connectivity index (χ1v) is 8.63. The van der Waals surface area contributed by atoms with Crippen LogP contribution in [-0.2, 0) is 16.6 Å². The second-order valence-corrected chi connectivity index (χ2v) is 6.37.